The van der Waals surface area contributed by atoms with E-state index in [9.17, 15) is 4.79 Å². The molecule has 0 aliphatic rings. The summed E-state index contributed by atoms with van der Waals surface area (Å²) < 4.78 is 6.93. The maximum Gasteiger partial charge on any atom is 0.305 e. The summed E-state index contributed by atoms with van der Waals surface area (Å²) in [6, 6.07) is 10.3. The Morgan fingerprint density at radius 3 is 2.60 bits per heavy atom. The van der Waals surface area contributed by atoms with Crippen molar-refractivity contribution in [2.75, 3.05) is 20.2 Å². The Balaban J connectivity index is 1.75. The van der Waals surface area contributed by atoms with Gasteiger partial charge < -0.3 is 15.4 Å². The van der Waals surface area contributed by atoms with Crippen molar-refractivity contribution in [3.63, 3.8) is 0 Å². The monoisotopic (exact) mass is 413 g/mol. The molecule has 7 nitrogen and oxygen atoms in total. The molecule has 0 spiro atoms. The van der Waals surface area contributed by atoms with Crippen LogP contribution in [0.3, 0.4) is 0 Å². The van der Waals surface area contributed by atoms with E-state index >= 15 is 0 Å². The van der Waals surface area contributed by atoms with Crippen LogP contribution in [-0.2, 0) is 16.1 Å². The van der Waals surface area contributed by atoms with Gasteiger partial charge in [0.25, 0.3) is 0 Å². The van der Waals surface area contributed by atoms with Gasteiger partial charge in [-0.15, -0.1) is 0 Å². The first kappa shape index (κ1) is 23.4. The number of nitrogens with one attached hydrogen (secondary N) is 2. The minimum Gasteiger partial charge on any atom is -0.466 e. The highest BCUT2D eigenvalue weighted by Gasteiger charge is 2.09. The fraction of sp³-hybridized carbons (Fsp3) is 0.522. The first-order chi connectivity index (χ1) is 14.5. The molecule has 0 bridgehead atoms. The number of nitrogens with zero attached hydrogens (tertiary/aromatic N) is 3. The SMILES string of the molecule is CCOC(=O)CCCCCCNC(=NC)NCc1ccccc1-n1nc(C)cc1C. The van der Waals surface area contributed by atoms with Gasteiger partial charge in [-0.3, -0.25) is 9.79 Å². The average Bonchev–Trinajstić information content (AvgIpc) is 3.07. The molecule has 2 aromatic rings. The van der Waals surface area contributed by atoms with Gasteiger partial charge in [0.1, 0.15) is 0 Å². The number of hydrogen-bond donors (Lipinski definition) is 2. The van der Waals surface area contributed by atoms with E-state index in [-0.39, 0.29) is 5.97 Å². The van der Waals surface area contributed by atoms with Crippen molar-refractivity contribution in [3.05, 3.63) is 47.3 Å². The normalized spacial score (nSPS) is 11.4. The van der Waals surface area contributed by atoms with Crippen LogP contribution in [0.25, 0.3) is 5.69 Å². The number of aryl methyl sites for hydroxylation is 2. The number of aromatic nitrogens is 2. The van der Waals surface area contributed by atoms with Crippen LogP contribution in [0.2, 0.25) is 0 Å². The molecule has 0 amide bonds. The van der Waals surface area contributed by atoms with Gasteiger partial charge in [-0.25, -0.2) is 4.68 Å². The first-order valence-corrected chi connectivity index (χ1v) is 10.8. The molecule has 7 heteroatoms. The maximum absolute atomic E-state index is 11.3. The molecule has 1 heterocycles. The number of rotatable bonds is 11. The Kier molecular flexibility index (Phi) is 9.91. The van der Waals surface area contributed by atoms with Crippen molar-refractivity contribution in [1.82, 2.24) is 20.4 Å². The van der Waals surface area contributed by atoms with Crippen LogP contribution in [-0.4, -0.2) is 41.9 Å². The smallest absolute Gasteiger partial charge is 0.305 e. The van der Waals surface area contributed by atoms with Crippen molar-refractivity contribution in [2.24, 2.45) is 4.99 Å². The third-order valence-corrected chi connectivity index (χ3v) is 4.80. The Labute approximate surface area is 179 Å². The highest BCUT2D eigenvalue weighted by atomic mass is 16.5. The molecule has 2 N–H and O–H groups in total. The number of unbranched alkanes of at least 4 members (excludes halogenated alkanes) is 3. The molecule has 2 rings (SSSR count). The fourth-order valence-corrected chi connectivity index (χ4v) is 3.33. The van der Waals surface area contributed by atoms with E-state index in [0.717, 1.165) is 60.8 Å². The Morgan fingerprint density at radius 2 is 1.90 bits per heavy atom. The lowest BCUT2D eigenvalue weighted by Gasteiger charge is -2.15. The summed E-state index contributed by atoms with van der Waals surface area (Å²) in [7, 11) is 1.78. The molecule has 1 aromatic carbocycles. The predicted octanol–water partition coefficient (Wildman–Crippen LogP) is 3.67. The second-order valence-electron chi connectivity index (χ2n) is 7.29. The van der Waals surface area contributed by atoms with Gasteiger partial charge in [0.15, 0.2) is 5.96 Å². The van der Waals surface area contributed by atoms with E-state index in [2.05, 4.69) is 45.8 Å². The van der Waals surface area contributed by atoms with Crippen LogP contribution in [0, 0.1) is 13.8 Å². The zero-order valence-electron chi connectivity index (χ0n) is 18.7. The summed E-state index contributed by atoms with van der Waals surface area (Å²) in [5.41, 5.74) is 4.36. The molecule has 0 aliphatic carbocycles. The van der Waals surface area contributed by atoms with Crippen molar-refractivity contribution >= 4 is 11.9 Å². The number of hydrogen-bond acceptors (Lipinski definition) is 4. The molecular weight excluding hydrogens is 378 g/mol. The van der Waals surface area contributed by atoms with Crippen LogP contribution in [0.15, 0.2) is 35.3 Å². The van der Waals surface area contributed by atoms with Crippen LogP contribution < -0.4 is 10.6 Å². The molecular formula is C23H35N5O2. The van der Waals surface area contributed by atoms with Crippen LogP contribution in [0.5, 0.6) is 0 Å². The van der Waals surface area contributed by atoms with Gasteiger partial charge in [-0.05, 0) is 51.3 Å². The standard InChI is InChI=1S/C23H35N5O2/c1-5-30-22(29)14-8-6-7-11-15-25-23(24-4)26-17-20-12-9-10-13-21(20)28-19(3)16-18(2)27-28/h9-10,12-13,16H,5-8,11,14-15,17H2,1-4H3,(H2,24,25,26). The summed E-state index contributed by atoms with van der Waals surface area (Å²) in [6.45, 7) is 7.87. The summed E-state index contributed by atoms with van der Waals surface area (Å²) in [4.78, 5) is 15.6. The largest absolute Gasteiger partial charge is 0.466 e. The fourth-order valence-electron chi connectivity index (χ4n) is 3.33. The quantitative estimate of drug-likeness (QED) is 0.254. The zero-order chi connectivity index (χ0) is 21.8. The van der Waals surface area contributed by atoms with E-state index in [0.29, 0.717) is 19.6 Å². The lowest BCUT2D eigenvalue weighted by Crippen LogP contribution is -2.37. The number of ether oxygens (including phenoxy) is 1. The lowest BCUT2D eigenvalue weighted by atomic mass is 10.1. The molecule has 0 atom stereocenters. The number of benzene rings is 1. The molecule has 30 heavy (non-hydrogen) atoms. The van der Waals surface area contributed by atoms with E-state index in [1.54, 1.807) is 7.05 Å². The van der Waals surface area contributed by atoms with Gasteiger partial charge in [0, 0.05) is 32.3 Å². The van der Waals surface area contributed by atoms with Gasteiger partial charge >= 0.3 is 5.97 Å². The second kappa shape index (κ2) is 12.7. The first-order valence-electron chi connectivity index (χ1n) is 10.8. The summed E-state index contributed by atoms with van der Waals surface area (Å²) in [5, 5.41) is 11.4. The maximum atomic E-state index is 11.3. The van der Waals surface area contributed by atoms with E-state index < -0.39 is 0 Å². The third-order valence-electron chi connectivity index (χ3n) is 4.80. The van der Waals surface area contributed by atoms with Crippen LogP contribution in [0.4, 0.5) is 0 Å². The average molecular weight is 414 g/mol. The van der Waals surface area contributed by atoms with E-state index in [1.807, 2.05) is 30.7 Å². The van der Waals surface area contributed by atoms with Crippen molar-refractivity contribution in [3.8, 4) is 5.69 Å². The second-order valence-corrected chi connectivity index (χ2v) is 7.29. The summed E-state index contributed by atoms with van der Waals surface area (Å²) >= 11 is 0. The Hall–Kier alpha value is -2.83. The minimum absolute atomic E-state index is 0.0963. The molecule has 1 aromatic heterocycles. The van der Waals surface area contributed by atoms with Gasteiger partial charge in [-0.2, -0.15) is 5.10 Å². The number of para-hydroxylation sites is 1. The van der Waals surface area contributed by atoms with E-state index in [1.165, 1.54) is 0 Å². The molecule has 0 saturated carbocycles. The topological polar surface area (TPSA) is 80.5 Å². The molecule has 0 fully saturated rings. The van der Waals surface area contributed by atoms with Gasteiger partial charge in [0.05, 0.1) is 18.0 Å². The van der Waals surface area contributed by atoms with Crippen molar-refractivity contribution in [2.45, 2.75) is 59.4 Å². The molecule has 164 valence electrons. The number of esters is 1. The Morgan fingerprint density at radius 1 is 1.13 bits per heavy atom. The van der Waals surface area contributed by atoms with Crippen molar-refractivity contribution in [1.29, 1.82) is 0 Å². The summed E-state index contributed by atoms with van der Waals surface area (Å²) in [5.74, 6) is 0.686. The minimum atomic E-state index is -0.0963. The molecule has 0 radical (unpaired) electrons. The number of carbonyl (C=O) groups is 1. The number of aliphatic imine (C=N–C) groups is 1. The zero-order valence-corrected chi connectivity index (χ0v) is 18.7. The Bertz CT molecular complexity index is 829. The predicted molar refractivity (Wildman–Crippen MR) is 121 cm³/mol. The molecule has 0 unspecified atom stereocenters. The highest BCUT2D eigenvalue weighted by molar-refractivity contribution is 5.79. The number of carbonyl (C=O) groups excluding carboxylic acids is 1. The number of guanidine groups is 1. The molecule has 0 saturated heterocycles. The third kappa shape index (κ3) is 7.54. The van der Waals surface area contributed by atoms with Crippen LogP contribution >= 0.6 is 0 Å². The van der Waals surface area contributed by atoms with Crippen LogP contribution in [0.1, 0.15) is 56.0 Å². The highest BCUT2D eigenvalue weighted by Crippen LogP contribution is 2.16. The summed E-state index contributed by atoms with van der Waals surface area (Å²) in [6.07, 6.45) is 4.53. The van der Waals surface area contributed by atoms with E-state index in [4.69, 9.17) is 4.74 Å². The molecule has 0 aliphatic heterocycles. The van der Waals surface area contributed by atoms with Crippen molar-refractivity contribution < 1.29 is 9.53 Å². The van der Waals surface area contributed by atoms with Gasteiger partial charge in [-0.1, -0.05) is 31.0 Å². The van der Waals surface area contributed by atoms with Gasteiger partial charge in [0.2, 0.25) is 0 Å². The lowest BCUT2D eigenvalue weighted by molar-refractivity contribution is -0.143.